The summed E-state index contributed by atoms with van der Waals surface area (Å²) in [5.41, 5.74) is 1.33. The quantitative estimate of drug-likeness (QED) is 0.755. The summed E-state index contributed by atoms with van der Waals surface area (Å²) in [6.45, 7) is 7.02. The van der Waals surface area contributed by atoms with Crippen molar-refractivity contribution in [3.63, 3.8) is 0 Å². The molecule has 1 atom stereocenters. The summed E-state index contributed by atoms with van der Waals surface area (Å²) in [5.74, 6) is 0.935. The lowest BCUT2D eigenvalue weighted by atomic mass is 10.2. The zero-order valence-electron chi connectivity index (χ0n) is 14.4. The number of piperazine rings is 1. The number of methoxy groups -OCH3 is 1. The fraction of sp³-hybridized carbons (Fsp3) is 0.611. The van der Waals surface area contributed by atoms with E-state index in [9.17, 15) is 0 Å². The Hall–Kier alpha value is -1.37. The van der Waals surface area contributed by atoms with E-state index < -0.39 is 0 Å². The van der Waals surface area contributed by atoms with Crippen LogP contribution in [-0.4, -0.2) is 62.6 Å². The van der Waals surface area contributed by atoms with E-state index in [0.717, 1.165) is 63.2 Å². The smallest absolute Gasteiger partial charge is 0.169 e. The second-order valence-electron chi connectivity index (χ2n) is 6.59. The summed E-state index contributed by atoms with van der Waals surface area (Å²) >= 11 is 5.54. The van der Waals surface area contributed by atoms with Gasteiger partial charge in [-0.2, -0.15) is 0 Å². The van der Waals surface area contributed by atoms with Gasteiger partial charge in [0.05, 0.1) is 39.4 Å². The Morgan fingerprint density at radius 1 is 1.42 bits per heavy atom. The summed E-state index contributed by atoms with van der Waals surface area (Å²) in [7, 11) is 1.72. The number of nitrogens with zero attached hydrogens (tertiary/aromatic N) is 1. The molecule has 2 heterocycles. The van der Waals surface area contributed by atoms with E-state index in [1.807, 2.05) is 6.07 Å². The first kappa shape index (κ1) is 17.5. The van der Waals surface area contributed by atoms with Gasteiger partial charge in [-0.3, -0.25) is 0 Å². The molecule has 5 nitrogen and oxygen atoms in total. The van der Waals surface area contributed by atoms with Gasteiger partial charge in [-0.1, -0.05) is 12.1 Å². The molecule has 24 heavy (non-hydrogen) atoms. The monoisotopic (exact) mass is 350 g/mol. The molecule has 0 aromatic heterocycles. The maximum absolute atomic E-state index is 5.64. The van der Waals surface area contributed by atoms with Gasteiger partial charge in [0.1, 0.15) is 12.3 Å². The van der Waals surface area contributed by atoms with Crippen LogP contribution >= 0.6 is 12.2 Å². The molecule has 2 N–H and O–H groups in total. The van der Waals surface area contributed by atoms with Crippen molar-refractivity contribution in [1.29, 1.82) is 0 Å². The van der Waals surface area contributed by atoms with E-state index in [0.29, 0.717) is 6.10 Å². The van der Waals surface area contributed by atoms with Crippen molar-refractivity contribution in [1.82, 2.24) is 10.2 Å². The lowest BCUT2D eigenvalue weighted by Crippen LogP contribution is -3.13. The van der Waals surface area contributed by atoms with Crippen LogP contribution in [0.3, 0.4) is 0 Å². The highest BCUT2D eigenvalue weighted by molar-refractivity contribution is 7.80. The summed E-state index contributed by atoms with van der Waals surface area (Å²) in [6.07, 6.45) is 2.65. The summed E-state index contributed by atoms with van der Waals surface area (Å²) < 4.78 is 10.9. The van der Waals surface area contributed by atoms with Crippen molar-refractivity contribution < 1.29 is 14.4 Å². The van der Waals surface area contributed by atoms with E-state index in [-0.39, 0.29) is 0 Å². The number of hydrogen-bond donors (Lipinski definition) is 2. The third-order valence-electron chi connectivity index (χ3n) is 4.85. The largest absolute Gasteiger partial charge is 0.497 e. The molecular formula is C18H28N3O2S+. The zero-order chi connectivity index (χ0) is 16.8. The molecule has 132 valence electrons. The lowest BCUT2D eigenvalue weighted by molar-refractivity contribution is -0.917. The highest BCUT2D eigenvalue weighted by Gasteiger charge is 2.23. The van der Waals surface area contributed by atoms with Crippen molar-refractivity contribution in [3.05, 3.63) is 29.8 Å². The normalized spacial score (nSPS) is 21.7. The van der Waals surface area contributed by atoms with Gasteiger partial charge >= 0.3 is 0 Å². The van der Waals surface area contributed by atoms with E-state index in [1.165, 1.54) is 12.0 Å². The summed E-state index contributed by atoms with van der Waals surface area (Å²) in [6, 6.07) is 8.37. The van der Waals surface area contributed by atoms with Gasteiger partial charge in [-0.25, -0.2) is 0 Å². The molecule has 0 aliphatic carbocycles. The maximum atomic E-state index is 5.64. The topological polar surface area (TPSA) is 38.2 Å². The average molecular weight is 351 g/mol. The first-order valence-electron chi connectivity index (χ1n) is 8.85. The fourth-order valence-electron chi connectivity index (χ4n) is 3.39. The minimum atomic E-state index is 0.336. The van der Waals surface area contributed by atoms with Crippen LogP contribution in [0.15, 0.2) is 24.3 Å². The highest BCUT2D eigenvalue weighted by atomic mass is 32.1. The number of quaternary nitrogens is 1. The van der Waals surface area contributed by atoms with Gasteiger partial charge in [0, 0.05) is 18.7 Å². The minimum absolute atomic E-state index is 0.336. The van der Waals surface area contributed by atoms with Crippen LogP contribution < -0.4 is 15.0 Å². The highest BCUT2D eigenvalue weighted by Crippen LogP contribution is 2.12. The number of nitrogens with one attached hydrogen (secondary N) is 2. The molecule has 0 bridgehead atoms. The van der Waals surface area contributed by atoms with Crippen LogP contribution in [0, 0.1) is 0 Å². The first-order valence-corrected chi connectivity index (χ1v) is 9.26. The van der Waals surface area contributed by atoms with Gasteiger partial charge < -0.3 is 24.6 Å². The Labute approximate surface area is 149 Å². The van der Waals surface area contributed by atoms with Crippen LogP contribution in [0.25, 0.3) is 0 Å². The maximum Gasteiger partial charge on any atom is 0.169 e. The SMILES string of the molecule is COc1cccc(C[NH+]2CCN(C(=S)NCC3CCCO3)CC2)c1. The van der Waals surface area contributed by atoms with Gasteiger partial charge in [0.25, 0.3) is 0 Å². The fourth-order valence-corrected chi connectivity index (χ4v) is 3.66. The lowest BCUT2D eigenvalue weighted by Gasteiger charge is -2.34. The average Bonchev–Trinajstić information content (AvgIpc) is 3.14. The van der Waals surface area contributed by atoms with Gasteiger partial charge in [-0.05, 0) is 37.2 Å². The second-order valence-corrected chi connectivity index (χ2v) is 6.97. The first-order chi connectivity index (χ1) is 11.7. The molecule has 1 aromatic rings. The third-order valence-corrected chi connectivity index (χ3v) is 5.25. The van der Waals surface area contributed by atoms with Crippen molar-refractivity contribution in [2.45, 2.75) is 25.5 Å². The van der Waals surface area contributed by atoms with Crippen LogP contribution in [-0.2, 0) is 11.3 Å². The van der Waals surface area contributed by atoms with E-state index in [1.54, 1.807) is 12.0 Å². The van der Waals surface area contributed by atoms with Gasteiger partial charge in [0.15, 0.2) is 5.11 Å². The van der Waals surface area contributed by atoms with Gasteiger partial charge in [-0.15, -0.1) is 0 Å². The van der Waals surface area contributed by atoms with Crippen molar-refractivity contribution in [2.24, 2.45) is 0 Å². The predicted molar refractivity (Wildman–Crippen MR) is 98.5 cm³/mol. The zero-order valence-corrected chi connectivity index (χ0v) is 15.2. The number of thiocarbonyl (C=S) groups is 1. The predicted octanol–water partition coefficient (Wildman–Crippen LogP) is 0.449. The molecule has 0 radical (unpaired) electrons. The molecule has 6 heteroatoms. The van der Waals surface area contributed by atoms with Crippen LogP contribution in [0.4, 0.5) is 0 Å². The molecule has 0 amide bonds. The molecule has 0 saturated carbocycles. The number of ether oxygens (including phenoxy) is 2. The Morgan fingerprint density at radius 3 is 2.96 bits per heavy atom. The van der Waals surface area contributed by atoms with Crippen molar-refractivity contribution in [3.8, 4) is 5.75 Å². The third kappa shape index (κ3) is 4.82. The van der Waals surface area contributed by atoms with E-state index in [4.69, 9.17) is 21.7 Å². The minimum Gasteiger partial charge on any atom is -0.497 e. The van der Waals surface area contributed by atoms with Gasteiger partial charge in [0.2, 0.25) is 0 Å². The second kappa shape index (κ2) is 8.65. The van der Waals surface area contributed by atoms with Crippen LogP contribution in [0.1, 0.15) is 18.4 Å². The Bertz CT molecular complexity index is 541. The standard InChI is InChI=1S/C18H27N3O2S/c1-22-16-5-2-4-15(12-16)14-20-7-9-21(10-8-20)18(24)19-13-17-6-3-11-23-17/h2,4-5,12,17H,3,6-11,13-14H2,1H3,(H,19,24)/p+1. The number of rotatable bonds is 5. The van der Waals surface area contributed by atoms with E-state index >= 15 is 0 Å². The summed E-state index contributed by atoms with van der Waals surface area (Å²) in [4.78, 5) is 3.89. The molecule has 2 saturated heterocycles. The number of benzene rings is 1. The molecule has 3 rings (SSSR count). The molecule has 1 unspecified atom stereocenters. The Morgan fingerprint density at radius 2 is 2.25 bits per heavy atom. The molecule has 2 aliphatic rings. The van der Waals surface area contributed by atoms with Crippen molar-refractivity contribution >= 4 is 17.3 Å². The Kier molecular flexibility index (Phi) is 6.29. The van der Waals surface area contributed by atoms with Crippen molar-refractivity contribution in [2.75, 3.05) is 46.4 Å². The van der Waals surface area contributed by atoms with E-state index in [2.05, 4.69) is 28.4 Å². The molecule has 2 aliphatic heterocycles. The molecule has 1 aromatic carbocycles. The summed E-state index contributed by atoms with van der Waals surface area (Å²) in [5, 5.41) is 4.26. The van der Waals surface area contributed by atoms with Crippen LogP contribution in [0.5, 0.6) is 5.75 Å². The Balaban J connectivity index is 1.40. The molecule has 2 fully saturated rings. The molecule has 0 spiro atoms. The molecular weight excluding hydrogens is 322 g/mol. The number of hydrogen-bond acceptors (Lipinski definition) is 3. The van der Waals surface area contributed by atoms with Crippen LogP contribution in [0.2, 0.25) is 0 Å².